The molecule has 1 aromatic heterocycles. The van der Waals surface area contributed by atoms with Crippen LogP contribution in [0.1, 0.15) is 12.5 Å². The highest BCUT2D eigenvalue weighted by Crippen LogP contribution is 2.29. The lowest BCUT2D eigenvalue weighted by atomic mass is 10.2. The van der Waals surface area contributed by atoms with Crippen LogP contribution in [0, 0.1) is 0 Å². The molecule has 0 radical (unpaired) electrons. The van der Waals surface area contributed by atoms with Crippen LogP contribution in [0.2, 0.25) is 5.02 Å². The fraction of sp³-hybridized carbons (Fsp3) is 0.211. The van der Waals surface area contributed by atoms with Crippen molar-refractivity contribution >= 4 is 46.3 Å². The van der Waals surface area contributed by atoms with Gasteiger partial charge >= 0.3 is 6.03 Å². The van der Waals surface area contributed by atoms with Crippen molar-refractivity contribution in [3.05, 3.63) is 59.1 Å². The number of urea groups is 1. The van der Waals surface area contributed by atoms with E-state index >= 15 is 0 Å². The van der Waals surface area contributed by atoms with Gasteiger partial charge in [0.25, 0.3) is 0 Å². The molecule has 27 heavy (non-hydrogen) atoms. The SMILES string of the molecule is CNC(=O)NC(=O)[C@H](C)Sc1nc2cc(Cl)ccc2n1Cc1ccccc1. The van der Waals surface area contributed by atoms with Crippen LogP contribution >= 0.6 is 23.4 Å². The van der Waals surface area contributed by atoms with Gasteiger partial charge in [-0.1, -0.05) is 53.7 Å². The second kappa shape index (κ2) is 8.45. The minimum atomic E-state index is -0.531. The third-order valence-corrected chi connectivity index (χ3v) is 5.30. The molecule has 0 unspecified atom stereocenters. The third-order valence-electron chi connectivity index (χ3n) is 3.97. The molecule has 2 N–H and O–H groups in total. The number of thioether (sulfide) groups is 1. The molecule has 0 bridgehead atoms. The highest BCUT2D eigenvalue weighted by molar-refractivity contribution is 8.00. The predicted octanol–water partition coefficient (Wildman–Crippen LogP) is 3.67. The van der Waals surface area contributed by atoms with E-state index in [0.29, 0.717) is 16.7 Å². The van der Waals surface area contributed by atoms with Gasteiger partial charge in [-0.15, -0.1) is 0 Å². The summed E-state index contributed by atoms with van der Waals surface area (Å²) in [5.74, 6) is -0.379. The Morgan fingerprint density at radius 3 is 2.67 bits per heavy atom. The van der Waals surface area contributed by atoms with Crippen LogP contribution in [0.15, 0.2) is 53.7 Å². The van der Waals surface area contributed by atoms with Crippen molar-refractivity contribution in [1.29, 1.82) is 0 Å². The molecule has 3 rings (SSSR count). The van der Waals surface area contributed by atoms with Gasteiger partial charge in [-0.25, -0.2) is 9.78 Å². The Kier molecular flexibility index (Phi) is 6.03. The number of nitrogens with one attached hydrogen (secondary N) is 2. The van der Waals surface area contributed by atoms with Crippen molar-refractivity contribution in [3.8, 4) is 0 Å². The molecular weight excluding hydrogens is 384 g/mol. The Hall–Kier alpha value is -2.51. The van der Waals surface area contributed by atoms with Gasteiger partial charge in [0.2, 0.25) is 5.91 Å². The standard InChI is InChI=1S/C19H19ClN4O2S/c1-12(17(25)23-18(26)21-2)27-19-22-15-10-14(20)8-9-16(15)24(19)11-13-6-4-3-5-7-13/h3-10,12H,11H2,1-2H3,(H2,21,23,25,26)/t12-/m0/s1. The zero-order valence-corrected chi connectivity index (χ0v) is 16.5. The van der Waals surface area contributed by atoms with Crippen LogP contribution in [0.5, 0.6) is 0 Å². The second-order valence-corrected chi connectivity index (χ2v) is 7.67. The summed E-state index contributed by atoms with van der Waals surface area (Å²) in [6.07, 6.45) is 0. The molecule has 0 spiro atoms. The lowest BCUT2D eigenvalue weighted by Gasteiger charge is -2.13. The monoisotopic (exact) mass is 402 g/mol. The van der Waals surface area contributed by atoms with E-state index < -0.39 is 11.3 Å². The molecule has 3 aromatic rings. The van der Waals surface area contributed by atoms with E-state index in [9.17, 15) is 9.59 Å². The summed E-state index contributed by atoms with van der Waals surface area (Å²) >= 11 is 7.40. The summed E-state index contributed by atoms with van der Waals surface area (Å²) in [6.45, 7) is 2.35. The first kappa shape index (κ1) is 19.3. The average Bonchev–Trinajstić information content (AvgIpc) is 2.98. The Bertz CT molecular complexity index is 975. The van der Waals surface area contributed by atoms with E-state index in [4.69, 9.17) is 11.6 Å². The molecule has 2 aromatic carbocycles. The lowest BCUT2D eigenvalue weighted by molar-refractivity contribution is -0.119. The quantitative estimate of drug-likeness (QED) is 0.638. The first-order chi connectivity index (χ1) is 13.0. The Morgan fingerprint density at radius 2 is 1.96 bits per heavy atom. The number of carbonyl (C=O) groups excluding carboxylic acids is 2. The maximum absolute atomic E-state index is 12.2. The number of hydrogen-bond acceptors (Lipinski definition) is 4. The maximum atomic E-state index is 12.2. The van der Waals surface area contributed by atoms with Crippen LogP contribution in [0.3, 0.4) is 0 Å². The largest absolute Gasteiger partial charge is 0.341 e. The molecular formula is C19H19ClN4O2S. The summed E-state index contributed by atoms with van der Waals surface area (Å²) in [5, 5.41) is 5.46. The van der Waals surface area contributed by atoms with Crippen LogP contribution in [-0.2, 0) is 11.3 Å². The Morgan fingerprint density at radius 1 is 1.22 bits per heavy atom. The molecule has 0 saturated heterocycles. The van der Waals surface area contributed by atoms with Crippen LogP contribution in [0.25, 0.3) is 11.0 Å². The number of rotatable bonds is 5. The molecule has 0 aliphatic rings. The predicted molar refractivity (Wildman–Crippen MR) is 108 cm³/mol. The summed E-state index contributed by atoms with van der Waals surface area (Å²) in [6, 6.07) is 15.0. The highest BCUT2D eigenvalue weighted by Gasteiger charge is 2.21. The molecule has 0 aliphatic carbocycles. The van der Waals surface area contributed by atoms with Gasteiger partial charge in [-0.05, 0) is 30.7 Å². The van der Waals surface area contributed by atoms with Crippen LogP contribution in [-0.4, -0.2) is 33.8 Å². The van der Waals surface area contributed by atoms with Crippen molar-refractivity contribution in [2.24, 2.45) is 0 Å². The summed E-state index contributed by atoms with van der Waals surface area (Å²) in [5.41, 5.74) is 2.82. The van der Waals surface area contributed by atoms with E-state index in [1.165, 1.54) is 18.8 Å². The molecule has 140 valence electrons. The van der Waals surface area contributed by atoms with Crippen LogP contribution < -0.4 is 10.6 Å². The smallest absolute Gasteiger partial charge is 0.321 e. The number of fused-ring (bicyclic) bond motifs is 1. The normalized spacial score (nSPS) is 12.0. The zero-order chi connectivity index (χ0) is 19.4. The van der Waals surface area contributed by atoms with E-state index in [0.717, 1.165) is 16.6 Å². The minimum Gasteiger partial charge on any atom is -0.341 e. The number of hydrogen-bond donors (Lipinski definition) is 2. The summed E-state index contributed by atoms with van der Waals surface area (Å²) in [4.78, 5) is 28.2. The van der Waals surface area contributed by atoms with E-state index in [1.807, 2.05) is 42.5 Å². The number of carbonyl (C=O) groups is 2. The fourth-order valence-electron chi connectivity index (χ4n) is 2.58. The summed E-state index contributed by atoms with van der Waals surface area (Å²) in [7, 11) is 1.46. The highest BCUT2D eigenvalue weighted by atomic mass is 35.5. The molecule has 0 aliphatic heterocycles. The van der Waals surface area contributed by atoms with Crippen molar-refractivity contribution in [1.82, 2.24) is 20.2 Å². The molecule has 0 fully saturated rings. The van der Waals surface area contributed by atoms with Gasteiger partial charge in [-0.2, -0.15) is 0 Å². The fourth-order valence-corrected chi connectivity index (χ4v) is 3.67. The molecule has 1 heterocycles. The van der Waals surface area contributed by atoms with Gasteiger partial charge in [-0.3, -0.25) is 10.1 Å². The van der Waals surface area contributed by atoms with Crippen molar-refractivity contribution in [3.63, 3.8) is 0 Å². The molecule has 3 amide bonds. The van der Waals surface area contributed by atoms with Gasteiger partial charge in [0.1, 0.15) is 0 Å². The van der Waals surface area contributed by atoms with Gasteiger partial charge < -0.3 is 9.88 Å². The number of benzene rings is 2. The Labute approximate surface area is 166 Å². The van der Waals surface area contributed by atoms with E-state index in [1.54, 1.807) is 13.0 Å². The topological polar surface area (TPSA) is 76.0 Å². The average molecular weight is 403 g/mol. The third kappa shape index (κ3) is 4.61. The summed E-state index contributed by atoms with van der Waals surface area (Å²) < 4.78 is 2.05. The van der Waals surface area contributed by atoms with Gasteiger partial charge in [0.15, 0.2) is 5.16 Å². The van der Waals surface area contributed by atoms with E-state index in [2.05, 4.69) is 20.2 Å². The Balaban J connectivity index is 1.92. The number of nitrogens with zero attached hydrogens (tertiary/aromatic N) is 2. The number of halogens is 1. The number of imidazole rings is 1. The van der Waals surface area contributed by atoms with Crippen molar-refractivity contribution in [2.75, 3.05) is 7.05 Å². The first-order valence-corrected chi connectivity index (χ1v) is 9.62. The zero-order valence-electron chi connectivity index (χ0n) is 14.9. The molecule has 0 saturated carbocycles. The number of imide groups is 1. The second-order valence-electron chi connectivity index (χ2n) is 5.93. The molecule has 8 heteroatoms. The van der Waals surface area contributed by atoms with Gasteiger partial charge in [0.05, 0.1) is 22.8 Å². The number of aromatic nitrogens is 2. The maximum Gasteiger partial charge on any atom is 0.321 e. The van der Waals surface area contributed by atoms with Crippen molar-refractivity contribution < 1.29 is 9.59 Å². The molecule has 1 atom stereocenters. The van der Waals surface area contributed by atoms with Gasteiger partial charge in [0, 0.05) is 12.1 Å². The van der Waals surface area contributed by atoms with Crippen molar-refractivity contribution in [2.45, 2.75) is 23.9 Å². The lowest BCUT2D eigenvalue weighted by Crippen LogP contribution is -2.41. The first-order valence-electron chi connectivity index (χ1n) is 8.37. The molecule has 6 nitrogen and oxygen atoms in total. The number of amides is 3. The van der Waals surface area contributed by atoms with E-state index in [-0.39, 0.29) is 5.91 Å². The minimum absolute atomic E-state index is 0.379. The van der Waals surface area contributed by atoms with Crippen LogP contribution in [0.4, 0.5) is 4.79 Å².